The van der Waals surface area contributed by atoms with Crippen LogP contribution >= 0.6 is 0 Å². The van der Waals surface area contributed by atoms with E-state index in [0.29, 0.717) is 11.3 Å². The molecule has 8 nitrogen and oxygen atoms in total. The highest BCUT2D eigenvalue weighted by molar-refractivity contribution is 5.70. The minimum atomic E-state index is -0.524. The summed E-state index contributed by atoms with van der Waals surface area (Å²) in [6, 6.07) is 12.6. The zero-order valence-electron chi connectivity index (χ0n) is 15.6. The van der Waals surface area contributed by atoms with Crippen molar-refractivity contribution < 1.29 is 4.92 Å². The van der Waals surface area contributed by atoms with E-state index >= 15 is 0 Å². The summed E-state index contributed by atoms with van der Waals surface area (Å²) in [4.78, 5) is 19.2. The number of nitrogens with zero attached hydrogens (tertiary/aromatic N) is 4. The topological polar surface area (TPSA) is 117 Å². The summed E-state index contributed by atoms with van der Waals surface area (Å²) >= 11 is 0. The van der Waals surface area contributed by atoms with Crippen LogP contribution in [-0.2, 0) is 0 Å². The highest BCUT2D eigenvalue weighted by atomic mass is 16.6. The van der Waals surface area contributed by atoms with Crippen molar-refractivity contribution in [2.75, 3.05) is 10.6 Å². The van der Waals surface area contributed by atoms with E-state index in [0.717, 1.165) is 28.6 Å². The van der Waals surface area contributed by atoms with Crippen LogP contribution in [0.5, 0.6) is 0 Å². The van der Waals surface area contributed by atoms with Crippen LogP contribution in [0.15, 0.2) is 42.6 Å². The molecule has 2 aromatic carbocycles. The van der Waals surface area contributed by atoms with Gasteiger partial charge in [0.15, 0.2) is 0 Å². The van der Waals surface area contributed by atoms with Crippen LogP contribution in [0.3, 0.4) is 0 Å². The molecule has 0 atom stereocenters. The molecule has 3 rings (SSSR count). The normalized spacial score (nSPS) is 10.2. The van der Waals surface area contributed by atoms with Gasteiger partial charge in [-0.15, -0.1) is 0 Å². The Balaban J connectivity index is 1.95. The number of anilines is 4. The molecule has 8 heteroatoms. The van der Waals surface area contributed by atoms with Gasteiger partial charge in [-0.25, -0.2) is 4.98 Å². The molecule has 140 valence electrons. The van der Waals surface area contributed by atoms with Gasteiger partial charge in [-0.05, 0) is 67.8 Å². The summed E-state index contributed by atoms with van der Waals surface area (Å²) in [6.45, 7) is 5.97. The number of rotatable bonds is 5. The number of nitrogens with one attached hydrogen (secondary N) is 2. The van der Waals surface area contributed by atoms with Gasteiger partial charge in [-0.2, -0.15) is 10.2 Å². The molecule has 1 heterocycles. The molecule has 28 heavy (non-hydrogen) atoms. The van der Waals surface area contributed by atoms with E-state index in [1.165, 1.54) is 0 Å². The van der Waals surface area contributed by atoms with Gasteiger partial charge in [0.25, 0.3) is 0 Å². The molecule has 0 saturated heterocycles. The molecule has 1 aromatic heterocycles. The Hall–Kier alpha value is -3.99. The third-order valence-corrected chi connectivity index (χ3v) is 4.55. The fourth-order valence-electron chi connectivity index (χ4n) is 2.64. The van der Waals surface area contributed by atoms with Crippen molar-refractivity contribution in [3.8, 4) is 6.07 Å². The molecule has 0 bridgehead atoms. The summed E-state index contributed by atoms with van der Waals surface area (Å²) < 4.78 is 0. The maximum atomic E-state index is 11.4. The minimum Gasteiger partial charge on any atom is -0.334 e. The SMILES string of the molecule is Cc1ccc(Nc2nc(Nc3ccc(C#N)cc3)ncc2[N+](=O)[O-])c(C)c1C. The smallest absolute Gasteiger partial charge is 0.329 e. The summed E-state index contributed by atoms with van der Waals surface area (Å²) in [5.41, 5.74) is 4.97. The molecule has 0 aliphatic rings. The first kappa shape index (κ1) is 18.8. The van der Waals surface area contributed by atoms with E-state index in [1.54, 1.807) is 24.3 Å². The molecule has 0 fully saturated rings. The number of hydrogen-bond donors (Lipinski definition) is 2. The molecule has 0 radical (unpaired) electrons. The Morgan fingerprint density at radius 2 is 1.75 bits per heavy atom. The maximum Gasteiger partial charge on any atom is 0.329 e. The lowest BCUT2D eigenvalue weighted by Gasteiger charge is -2.13. The first-order chi connectivity index (χ1) is 13.4. The van der Waals surface area contributed by atoms with Crippen molar-refractivity contribution in [1.82, 2.24) is 9.97 Å². The van der Waals surface area contributed by atoms with Crippen molar-refractivity contribution in [2.24, 2.45) is 0 Å². The summed E-state index contributed by atoms with van der Waals surface area (Å²) in [7, 11) is 0. The van der Waals surface area contributed by atoms with Gasteiger partial charge in [0, 0.05) is 11.4 Å². The number of aryl methyl sites for hydroxylation is 1. The second-order valence-corrected chi connectivity index (χ2v) is 6.30. The van der Waals surface area contributed by atoms with Crippen LogP contribution in [0.25, 0.3) is 0 Å². The van der Waals surface area contributed by atoms with Crippen molar-refractivity contribution in [1.29, 1.82) is 5.26 Å². The maximum absolute atomic E-state index is 11.4. The first-order valence-corrected chi connectivity index (χ1v) is 8.51. The van der Waals surface area contributed by atoms with E-state index in [-0.39, 0.29) is 17.5 Å². The molecule has 0 amide bonds. The molecular weight excluding hydrogens is 356 g/mol. The number of nitriles is 1. The largest absolute Gasteiger partial charge is 0.334 e. The monoisotopic (exact) mass is 374 g/mol. The lowest BCUT2D eigenvalue weighted by Crippen LogP contribution is -2.06. The fourth-order valence-corrected chi connectivity index (χ4v) is 2.64. The fraction of sp³-hybridized carbons (Fsp3) is 0.150. The van der Waals surface area contributed by atoms with Gasteiger partial charge in [0.05, 0.1) is 16.6 Å². The van der Waals surface area contributed by atoms with Crippen LogP contribution in [0.1, 0.15) is 22.3 Å². The third kappa shape index (κ3) is 3.88. The van der Waals surface area contributed by atoms with Crippen molar-refractivity contribution >= 4 is 28.8 Å². The van der Waals surface area contributed by atoms with Crippen molar-refractivity contribution in [2.45, 2.75) is 20.8 Å². The number of nitro groups is 1. The Kier molecular flexibility index (Phi) is 5.18. The van der Waals surface area contributed by atoms with E-state index in [2.05, 4.69) is 20.6 Å². The quantitative estimate of drug-likeness (QED) is 0.492. The molecule has 0 aliphatic heterocycles. The second-order valence-electron chi connectivity index (χ2n) is 6.30. The van der Waals surface area contributed by atoms with E-state index in [1.807, 2.05) is 39.0 Å². The van der Waals surface area contributed by atoms with Gasteiger partial charge in [0.2, 0.25) is 11.8 Å². The van der Waals surface area contributed by atoms with Crippen LogP contribution in [0, 0.1) is 42.2 Å². The Labute approximate surface area is 162 Å². The molecule has 0 aliphatic carbocycles. The van der Waals surface area contributed by atoms with Crippen LogP contribution in [0.2, 0.25) is 0 Å². The molecule has 2 N–H and O–H groups in total. The van der Waals surface area contributed by atoms with Crippen molar-refractivity contribution in [3.63, 3.8) is 0 Å². The Morgan fingerprint density at radius 1 is 1.04 bits per heavy atom. The van der Waals surface area contributed by atoms with Gasteiger partial charge in [-0.1, -0.05) is 6.07 Å². The highest BCUT2D eigenvalue weighted by Crippen LogP contribution is 2.30. The number of aromatic nitrogens is 2. The minimum absolute atomic E-state index is 0.0995. The first-order valence-electron chi connectivity index (χ1n) is 8.51. The highest BCUT2D eigenvalue weighted by Gasteiger charge is 2.19. The summed E-state index contributed by atoms with van der Waals surface area (Å²) in [5.74, 6) is 0.307. The lowest BCUT2D eigenvalue weighted by molar-refractivity contribution is -0.384. The van der Waals surface area contributed by atoms with Crippen molar-refractivity contribution in [3.05, 3.63) is 75.0 Å². The molecule has 3 aromatic rings. The Bertz CT molecular complexity index is 1090. The van der Waals surface area contributed by atoms with Gasteiger partial charge < -0.3 is 10.6 Å². The van der Waals surface area contributed by atoms with Crippen LogP contribution < -0.4 is 10.6 Å². The molecular formula is C20H18N6O2. The van der Waals surface area contributed by atoms with E-state index in [9.17, 15) is 10.1 Å². The second kappa shape index (κ2) is 7.72. The zero-order valence-corrected chi connectivity index (χ0v) is 15.6. The van der Waals surface area contributed by atoms with E-state index in [4.69, 9.17) is 5.26 Å². The van der Waals surface area contributed by atoms with Gasteiger partial charge >= 0.3 is 5.69 Å². The van der Waals surface area contributed by atoms with Crippen LogP contribution in [-0.4, -0.2) is 14.9 Å². The van der Waals surface area contributed by atoms with Gasteiger partial charge in [0.1, 0.15) is 6.20 Å². The zero-order chi connectivity index (χ0) is 20.3. The summed E-state index contributed by atoms with van der Waals surface area (Å²) in [6.07, 6.45) is 1.16. The standard InChI is InChI=1S/C20H18N6O2/c1-12-4-9-17(14(3)13(12)2)24-19-18(26(27)28)11-22-20(25-19)23-16-7-5-15(10-21)6-8-16/h4-9,11H,1-3H3,(H2,22,23,24,25). The molecule has 0 unspecified atom stereocenters. The number of hydrogen-bond acceptors (Lipinski definition) is 7. The van der Waals surface area contributed by atoms with Crippen LogP contribution in [0.4, 0.5) is 28.8 Å². The third-order valence-electron chi connectivity index (χ3n) is 4.55. The van der Waals surface area contributed by atoms with Gasteiger partial charge in [-0.3, -0.25) is 10.1 Å². The average Bonchev–Trinajstić information content (AvgIpc) is 2.69. The molecule has 0 saturated carbocycles. The predicted octanol–water partition coefficient (Wildman–Crippen LogP) is 4.67. The van der Waals surface area contributed by atoms with E-state index < -0.39 is 4.92 Å². The predicted molar refractivity (Wildman–Crippen MR) is 107 cm³/mol. The number of benzene rings is 2. The average molecular weight is 374 g/mol. The Morgan fingerprint density at radius 3 is 2.39 bits per heavy atom. The summed E-state index contributed by atoms with van der Waals surface area (Å²) in [5, 5.41) is 26.3. The molecule has 0 spiro atoms. The lowest BCUT2D eigenvalue weighted by atomic mass is 10.0.